The van der Waals surface area contributed by atoms with Gasteiger partial charge in [0.05, 0.1) is 17.7 Å². The summed E-state index contributed by atoms with van der Waals surface area (Å²) in [7, 11) is 1.78. The van der Waals surface area contributed by atoms with E-state index in [1.807, 2.05) is 26.8 Å². The van der Waals surface area contributed by atoms with E-state index in [9.17, 15) is 9.90 Å². The summed E-state index contributed by atoms with van der Waals surface area (Å²) >= 11 is 0. The lowest BCUT2D eigenvalue weighted by Gasteiger charge is -2.26. The smallest absolute Gasteiger partial charge is 0.228 e. The second-order valence-electron chi connectivity index (χ2n) is 5.24. The largest absolute Gasteiger partial charge is 0.389 e. The SMILES string of the molecule is CCCC(O)(CCC)CC(=O)Nc1cc(C)nn1C. The lowest BCUT2D eigenvalue weighted by atomic mass is 9.89. The highest BCUT2D eigenvalue weighted by atomic mass is 16.3. The molecule has 0 aliphatic heterocycles. The first-order valence-corrected chi connectivity index (χ1v) is 6.93. The van der Waals surface area contributed by atoms with Gasteiger partial charge in [-0.05, 0) is 19.8 Å². The Bertz CT molecular complexity index is 420. The molecule has 0 spiro atoms. The zero-order valence-corrected chi connectivity index (χ0v) is 12.4. The second-order valence-corrected chi connectivity index (χ2v) is 5.24. The monoisotopic (exact) mass is 267 g/mol. The fourth-order valence-electron chi connectivity index (χ4n) is 2.45. The molecule has 1 rings (SSSR count). The molecule has 0 bridgehead atoms. The minimum Gasteiger partial charge on any atom is -0.389 e. The number of hydrogen-bond acceptors (Lipinski definition) is 3. The molecule has 1 heterocycles. The van der Waals surface area contributed by atoms with Gasteiger partial charge >= 0.3 is 0 Å². The molecule has 0 aliphatic rings. The minimum atomic E-state index is -0.888. The van der Waals surface area contributed by atoms with Gasteiger partial charge in [0.1, 0.15) is 5.82 Å². The Balaban J connectivity index is 2.65. The first kappa shape index (κ1) is 15.7. The van der Waals surface area contributed by atoms with E-state index >= 15 is 0 Å². The average Bonchev–Trinajstić information content (AvgIpc) is 2.57. The zero-order chi connectivity index (χ0) is 14.5. The Morgan fingerprint density at radius 2 is 2.00 bits per heavy atom. The number of hydrogen-bond donors (Lipinski definition) is 2. The molecule has 0 saturated heterocycles. The van der Waals surface area contributed by atoms with Crippen LogP contribution in [0.1, 0.15) is 51.6 Å². The van der Waals surface area contributed by atoms with Gasteiger partial charge in [0.15, 0.2) is 0 Å². The van der Waals surface area contributed by atoms with Crippen molar-refractivity contribution in [3.8, 4) is 0 Å². The molecule has 0 saturated carbocycles. The Kier molecular flexibility index (Phi) is 5.54. The van der Waals surface area contributed by atoms with Crippen LogP contribution >= 0.6 is 0 Å². The maximum absolute atomic E-state index is 12.0. The molecule has 0 fully saturated rings. The van der Waals surface area contributed by atoms with E-state index in [1.54, 1.807) is 11.7 Å². The Labute approximate surface area is 115 Å². The standard InChI is InChI=1S/C14H25N3O2/c1-5-7-14(19,8-6-2)10-13(18)15-12-9-11(3)16-17(12)4/h9,19H,5-8,10H2,1-4H3,(H,15,18). The van der Waals surface area contributed by atoms with Crippen LogP contribution in [-0.4, -0.2) is 26.4 Å². The van der Waals surface area contributed by atoms with Crippen LogP contribution < -0.4 is 5.32 Å². The van der Waals surface area contributed by atoms with Crippen molar-refractivity contribution in [1.29, 1.82) is 0 Å². The van der Waals surface area contributed by atoms with Gasteiger partial charge in [-0.15, -0.1) is 0 Å². The van der Waals surface area contributed by atoms with E-state index in [2.05, 4.69) is 10.4 Å². The van der Waals surface area contributed by atoms with E-state index in [0.717, 1.165) is 18.5 Å². The third-order valence-corrected chi connectivity index (χ3v) is 3.19. The van der Waals surface area contributed by atoms with Crippen molar-refractivity contribution in [2.24, 2.45) is 7.05 Å². The summed E-state index contributed by atoms with van der Waals surface area (Å²) in [6, 6.07) is 1.82. The highest BCUT2D eigenvalue weighted by Gasteiger charge is 2.28. The van der Waals surface area contributed by atoms with Gasteiger partial charge < -0.3 is 10.4 Å². The molecule has 1 amide bonds. The molecule has 2 N–H and O–H groups in total. The predicted molar refractivity (Wildman–Crippen MR) is 76.0 cm³/mol. The number of nitrogens with zero attached hydrogens (tertiary/aromatic N) is 2. The summed E-state index contributed by atoms with van der Waals surface area (Å²) < 4.78 is 1.63. The molecule has 19 heavy (non-hydrogen) atoms. The van der Waals surface area contributed by atoms with Crippen molar-refractivity contribution in [3.05, 3.63) is 11.8 Å². The normalized spacial score (nSPS) is 11.6. The number of aryl methyl sites for hydroxylation is 2. The topological polar surface area (TPSA) is 67.2 Å². The van der Waals surface area contributed by atoms with Crippen LogP contribution in [0.15, 0.2) is 6.07 Å². The van der Waals surface area contributed by atoms with Crippen molar-refractivity contribution >= 4 is 11.7 Å². The van der Waals surface area contributed by atoms with Crippen molar-refractivity contribution in [3.63, 3.8) is 0 Å². The fourth-order valence-corrected chi connectivity index (χ4v) is 2.45. The first-order valence-electron chi connectivity index (χ1n) is 6.93. The molecule has 0 aromatic carbocycles. The summed E-state index contributed by atoms with van der Waals surface area (Å²) in [6.07, 6.45) is 3.18. The number of anilines is 1. The van der Waals surface area contributed by atoms with E-state index in [-0.39, 0.29) is 12.3 Å². The predicted octanol–water partition coefficient (Wildman–Crippen LogP) is 2.39. The van der Waals surface area contributed by atoms with Gasteiger partial charge in [-0.3, -0.25) is 9.48 Å². The van der Waals surface area contributed by atoms with Crippen LogP contribution in [0.3, 0.4) is 0 Å². The number of carbonyl (C=O) groups excluding carboxylic acids is 1. The molecule has 0 aliphatic carbocycles. The molecule has 5 heteroatoms. The van der Waals surface area contributed by atoms with Crippen molar-refractivity contribution in [2.45, 2.75) is 58.5 Å². The summed E-state index contributed by atoms with van der Waals surface area (Å²) in [5, 5.41) is 17.4. The van der Waals surface area contributed by atoms with Gasteiger partial charge in [-0.2, -0.15) is 5.10 Å². The van der Waals surface area contributed by atoms with Crippen LogP contribution in [0.5, 0.6) is 0 Å². The van der Waals surface area contributed by atoms with Crippen LogP contribution in [0, 0.1) is 6.92 Å². The zero-order valence-electron chi connectivity index (χ0n) is 12.4. The summed E-state index contributed by atoms with van der Waals surface area (Å²) in [5.41, 5.74) is -0.0310. The third kappa shape index (κ3) is 4.67. The highest BCUT2D eigenvalue weighted by Crippen LogP contribution is 2.24. The average molecular weight is 267 g/mol. The molecular formula is C14H25N3O2. The molecular weight excluding hydrogens is 242 g/mol. The van der Waals surface area contributed by atoms with Crippen LogP contribution in [-0.2, 0) is 11.8 Å². The van der Waals surface area contributed by atoms with Gasteiger partial charge in [0, 0.05) is 13.1 Å². The molecule has 1 aromatic heterocycles. The molecule has 1 aromatic rings. The number of rotatable bonds is 7. The third-order valence-electron chi connectivity index (χ3n) is 3.19. The summed E-state index contributed by atoms with van der Waals surface area (Å²) in [6.45, 7) is 5.91. The van der Waals surface area contributed by atoms with E-state index in [1.165, 1.54) is 0 Å². The maximum atomic E-state index is 12.0. The van der Waals surface area contributed by atoms with E-state index in [4.69, 9.17) is 0 Å². The van der Waals surface area contributed by atoms with E-state index in [0.29, 0.717) is 18.7 Å². The van der Waals surface area contributed by atoms with Crippen LogP contribution in [0.4, 0.5) is 5.82 Å². The van der Waals surface area contributed by atoms with Crippen molar-refractivity contribution < 1.29 is 9.90 Å². The fraction of sp³-hybridized carbons (Fsp3) is 0.714. The Morgan fingerprint density at radius 3 is 2.42 bits per heavy atom. The number of nitrogens with one attached hydrogen (secondary N) is 1. The lowest BCUT2D eigenvalue weighted by Crippen LogP contribution is -2.34. The molecule has 0 radical (unpaired) electrons. The number of carbonyl (C=O) groups is 1. The maximum Gasteiger partial charge on any atom is 0.228 e. The van der Waals surface area contributed by atoms with Crippen molar-refractivity contribution in [1.82, 2.24) is 9.78 Å². The number of aromatic nitrogens is 2. The Hall–Kier alpha value is -1.36. The molecule has 108 valence electrons. The van der Waals surface area contributed by atoms with Gasteiger partial charge in [-0.1, -0.05) is 26.7 Å². The number of aliphatic hydroxyl groups is 1. The van der Waals surface area contributed by atoms with Crippen LogP contribution in [0.2, 0.25) is 0 Å². The van der Waals surface area contributed by atoms with Crippen molar-refractivity contribution in [2.75, 3.05) is 5.32 Å². The second kappa shape index (κ2) is 6.70. The molecule has 5 nitrogen and oxygen atoms in total. The number of amides is 1. The van der Waals surface area contributed by atoms with E-state index < -0.39 is 5.60 Å². The van der Waals surface area contributed by atoms with Gasteiger partial charge in [0.25, 0.3) is 0 Å². The highest BCUT2D eigenvalue weighted by molar-refractivity contribution is 5.90. The van der Waals surface area contributed by atoms with Gasteiger partial charge in [0.2, 0.25) is 5.91 Å². The first-order chi connectivity index (χ1) is 8.90. The lowest BCUT2D eigenvalue weighted by molar-refractivity contribution is -0.121. The molecule has 0 unspecified atom stereocenters. The van der Waals surface area contributed by atoms with Gasteiger partial charge in [-0.25, -0.2) is 0 Å². The Morgan fingerprint density at radius 1 is 1.42 bits per heavy atom. The summed E-state index contributed by atoms with van der Waals surface area (Å²) in [5.74, 6) is 0.505. The van der Waals surface area contributed by atoms with Crippen LogP contribution in [0.25, 0.3) is 0 Å². The minimum absolute atomic E-state index is 0.138. The molecule has 0 atom stereocenters. The quantitative estimate of drug-likeness (QED) is 0.797. The summed E-state index contributed by atoms with van der Waals surface area (Å²) in [4.78, 5) is 12.0.